The van der Waals surface area contributed by atoms with Crippen LogP contribution < -0.4 is 0 Å². The first-order chi connectivity index (χ1) is 11.6. The molecule has 4 rings (SSSR count). The molecular formula is C16H17BrN4O2S. The second kappa shape index (κ2) is 6.44. The highest BCUT2D eigenvalue weighted by Gasteiger charge is 2.30. The summed E-state index contributed by atoms with van der Waals surface area (Å²) in [5.41, 5.74) is 1.14. The molecule has 1 aliphatic rings. The van der Waals surface area contributed by atoms with E-state index in [1.807, 2.05) is 19.1 Å². The second-order valence-electron chi connectivity index (χ2n) is 5.75. The number of nitrogens with zero attached hydrogens (tertiary/aromatic N) is 4. The van der Waals surface area contributed by atoms with E-state index in [4.69, 9.17) is 4.74 Å². The van der Waals surface area contributed by atoms with E-state index in [0.29, 0.717) is 19.0 Å². The van der Waals surface area contributed by atoms with Crippen molar-refractivity contribution >= 4 is 32.2 Å². The van der Waals surface area contributed by atoms with Crippen molar-refractivity contribution in [1.29, 1.82) is 0 Å². The van der Waals surface area contributed by atoms with E-state index < -0.39 is 0 Å². The number of ether oxygens (including phenoxy) is 1. The Morgan fingerprint density at radius 2 is 1.96 bits per heavy atom. The van der Waals surface area contributed by atoms with Crippen LogP contribution in [0.4, 0.5) is 0 Å². The van der Waals surface area contributed by atoms with E-state index >= 15 is 0 Å². The van der Waals surface area contributed by atoms with Crippen LogP contribution in [-0.2, 0) is 4.74 Å². The lowest BCUT2D eigenvalue weighted by Gasteiger charge is -2.34. The standard InChI is InChI=1S/C16H17BrN4O2S/c1-10-18-16-21(19-10)15(22)14(24-16)13(20-6-8-23-9-7-20)11-2-4-12(17)5-3-11/h2-5,13,22H,6-9H2,1H3/t13-/m1/s1. The Balaban J connectivity index is 1.82. The maximum Gasteiger partial charge on any atom is 0.230 e. The lowest BCUT2D eigenvalue weighted by Crippen LogP contribution is -2.39. The summed E-state index contributed by atoms with van der Waals surface area (Å²) in [4.78, 5) is 8.32. The maximum absolute atomic E-state index is 10.7. The highest BCUT2D eigenvalue weighted by molar-refractivity contribution is 9.10. The van der Waals surface area contributed by atoms with E-state index in [1.165, 1.54) is 15.9 Å². The van der Waals surface area contributed by atoms with E-state index in [-0.39, 0.29) is 11.9 Å². The third-order valence-electron chi connectivity index (χ3n) is 4.15. The van der Waals surface area contributed by atoms with Crippen LogP contribution in [0.5, 0.6) is 5.88 Å². The summed E-state index contributed by atoms with van der Waals surface area (Å²) in [6.07, 6.45) is 0. The van der Waals surface area contributed by atoms with Gasteiger partial charge in [0.2, 0.25) is 10.8 Å². The molecule has 126 valence electrons. The van der Waals surface area contributed by atoms with Crippen molar-refractivity contribution in [3.63, 3.8) is 0 Å². The molecule has 1 aliphatic heterocycles. The summed E-state index contributed by atoms with van der Waals surface area (Å²) in [5, 5.41) is 15.0. The normalized spacial score (nSPS) is 17.4. The molecule has 1 saturated heterocycles. The number of fused-ring (bicyclic) bond motifs is 1. The average molecular weight is 409 g/mol. The zero-order valence-electron chi connectivity index (χ0n) is 13.1. The fourth-order valence-corrected chi connectivity index (χ4v) is 4.46. The molecule has 0 spiro atoms. The number of hydrogen-bond acceptors (Lipinski definition) is 6. The Morgan fingerprint density at radius 1 is 1.25 bits per heavy atom. The Morgan fingerprint density at radius 3 is 2.62 bits per heavy atom. The summed E-state index contributed by atoms with van der Waals surface area (Å²) in [6, 6.07) is 8.20. The van der Waals surface area contributed by atoms with E-state index in [1.54, 1.807) is 0 Å². The highest BCUT2D eigenvalue weighted by Crippen LogP contribution is 2.40. The van der Waals surface area contributed by atoms with Crippen LogP contribution in [0.1, 0.15) is 22.3 Å². The Kier molecular flexibility index (Phi) is 4.29. The number of aromatic hydroxyl groups is 1. The minimum absolute atomic E-state index is 0.0317. The number of aromatic nitrogens is 3. The molecule has 3 aromatic rings. The van der Waals surface area contributed by atoms with Crippen LogP contribution in [0.25, 0.3) is 4.96 Å². The van der Waals surface area contributed by atoms with Crippen molar-refractivity contribution in [3.8, 4) is 5.88 Å². The van der Waals surface area contributed by atoms with Gasteiger partial charge in [-0.3, -0.25) is 4.90 Å². The molecule has 0 saturated carbocycles. The van der Waals surface area contributed by atoms with Crippen LogP contribution in [0.3, 0.4) is 0 Å². The van der Waals surface area contributed by atoms with Gasteiger partial charge < -0.3 is 9.84 Å². The Bertz CT molecular complexity index is 855. The summed E-state index contributed by atoms with van der Waals surface area (Å²) in [5.74, 6) is 0.838. The fourth-order valence-electron chi connectivity index (χ4n) is 3.03. The molecule has 1 N–H and O–H groups in total. The van der Waals surface area contributed by atoms with Crippen molar-refractivity contribution < 1.29 is 9.84 Å². The lowest BCUT2D eigenvalue weighted by molar-refractivity contribution is 0.0241. The van der Waals surface area contributed by atoms with Crippen LogP contribution in [-0.4, -0.2) is 50.9 Å². The molecule has 0 unspecified atom stereocenters. The van der Waals surface area contributed by atoms with Gasteiger partial charge in [0.05, 0.1) is 24.1 Å². The second-order valence-corrected chi connectivity index (χ2v) is 7.67. The SMILES string of the molecule is Cc1nc2sc([C@@H](c3ccc(Br)cc3)N3CCOCC3)c(O)n2n1. The number of hydrogen-bond donors (Lipinski definition) is 1. The van der Waals surface area contributed by atoms with Gasteiger partial charge in [-0.2, -0.15) is 4.52 Å². The summed E-state index contributed by atoms with van der Waals surface area (Å²) in [7, 11) is 0. The number of rotatable bonds is 3. The molecule has 6 nitrogen and oxygen atoms in total. The first-order valence-corrected chi connectivity index (χ1v) is 9.37. The monoisotopic (exact) mass is 408 g/mol. The quantitative estimate of drug-likeness (QED) is 0.721. The molecule has 8 heteroatoms. The molecule has 2 aromatic heterocycles. The molecule has 1 fully saturated rings. The first kappa shape index (κ1) is 16.0. The molecule has 1 aromatic carbocycles. The summed E-state index contributed by atoms with van der Waals surface area (Å²) in [6.45, 7) is 4.88. The molecule has 1 atom stereocenters. The topological polar surface area (TPSA) is 62.9 Å². The minimum atomic E-state index is -0.0317. The third-order valence-corrected chi connectivity index (χ3v) is 5.75. The summed E-state index contributed by atoms with van der Waals surface area (Å²) < 4.78 is 8.06. The van der Waals surface area contributed by atoms with Gasteiger partial charge >= 0.3 is 0 Å². The average Bonchev–Trinajstić information content (AvgIpc) is 3.09. The van der Waals surface area contributed by atoms with Crippen molar-refractivity contribution in [2.75, 3.05) is 26.3 Å². The summed E-state index contributed by atoms with van der Waals surface area (Å²) >= 11 is 4.98. The van der Waals surface area contributed by atoms with Crippen LogP contribution in [0.2, 0.25) is 0 Å². The van der Waals surface area contributed by atoms with Crippen LogP contribution in [0, 0.1) is 6.92 Å². The van der Waals surface area contributed by atoms with Crippen LogP contribution in [0.15, 0.2) is 28.7 Å². The number of benzene rings is 1. The lowest BCUT2D eigenvalue weighted by atomic mass is 10.0. The largest absolute Gasteiger partial charge is 0.492 e. The van der Waals surface area contributed by atoms with Crippen molar-refractivity contribution in [3.05, 3.63) is 45.0 Å². The smallest absolute Gasteiger partial charge is 0.230 e. The Hall–Kier alpha value is -1.48. The van der Waals surface area contributed by atoms with Gasteiger partial charge in [-0.05, 0) is 24.6 Å². The number of halogens is 1. The van der Waals surface area contributed by atoms with Crippen LogP contribution >= 0.6 is 27.3 Å². The predicted molar refractivity (Wildman–Crippen MR) is 95.6 cm³/mol. The molecular weight excluding hydrogens is 392 g/mol. The maximum atomic E-state index is 10.7. The third kappa shape index (κ3) is 2.83. The molecule has 3 heterocycles. The van der Waals surface area contributed by atoms with Gasteiger partial charge in [0, 0.05) is 17.6 Å². The van der Waals surface area contributed by atoms with Gasteiger partial charge in [-0.25, -0.2) is 4.98 Å². The van der Waals surface area contributed by atoms with Crippen molar-refractivity contribution in [1.82, 2.24) is 19.5 Å². The van der Waals surface area contributed by atoms with Gasteiger partial charge in [-0.15, -0.1) is 5.10 Å². The van der Waals surface area contributed by atoms with Crippen molar-refractivity contribution in [2.24, 2.45) is 0 Å². The fraction of sp³-hybridized carbons (Fsp3) is 0.375. The zero-order chi connectivity index (χ0) is 16.7. The van der Waals surface area contributed by atoms with Gasteiger partial charge in [0.15, 0.2) is 0 Å². The molecule has 0 radical (unpaired) electrons. The molecule has 0 aliphatic carbocycles. The van der Waals surface area contributed by atoms with Gasteiger partial charge in [0.1, 0.15) is 5.82 Å². The molecule has 24 heavy (non-hydrogen) atoms. The number of morpholine rings is 1. The zero-order valence-corrected chi connectivity index (χ0v) is 15.5. The molecule has 0 amide bonds. The van der Waals surface area contributed by atoms with E-state index in [0.717, 1.165) is 33.0 Å². The highest BCUT2D eigenvalue weighted by atomic mass is 79.9. The first-order valence-electron chi connectivity index (χ1n) is 7.76. The number of aryl methyl sites for hydroxylation is 1. The van der Waals surface area contributed by atoms with E-state index in [9.17, 15) is 5.11 Å². The Labute approximate surface area is 151 Å². The minimum Gasteiger partial charge on any atom is -0.492 e. The van der Waals surface area contributed by atoms with Gasteiger partial charge in [0.25, 0.3) is 0 Å². The predicted octanol–water partition coefficient (Wildman–Crippen LogP) is 2.99. The van der Waals surface area contributed by atoms with Crippen molar-refractivity contribution in [2.45, 2.75) is 13.0 Å². The number of thiazole rings is 1. The van der Waals surface area contributed by atoms with E-state index in [2.05, 4.69) is 43.0 Å². The van der Waals surface area contributed by atoms with Gasteiger partial charge in [-0.1, -0.05) is 39.4 Å². The molecule has 0 bridgehead atoms.